The molecule has 3 rings (SSSR count). The quantitative estimate of drug-likeness (QED) is 0.756. The van der Waals surface area contributed by atoms with Gasteiger partial charge in [0.2, 0.25) is 0 Å². The van der Waals surface area contributed by atoms with E-state index in [1.165, 1.54) is 38.2 Å². The highest BCUT2D eigenvalue weighted by Crippen LogP contribution is 2.34. The molecule has 0 spiro atoms. The van der Waals surface area contributed by atoms with Crippen molar-refractivity contribution < 1.29 is 0 Å². The van der Waals surface area contributed by atoms with Gasteiger partial charge in [0.1, 0.15) is 0 Å². The topological polar surface area (TPSA) is 6.48 Å². The van der Waals surface area contributed by atoms with E-state index < -0.39 is 0 Å². The van der Waals surface area contributed by atoms with Crippen LogP contribution < -0.4 is 4.90 Å². The van der Waals surface area contributed by atoms with Gasteiger partial charge in [-0.2, -0.15) is 0 Å². The smallest absolute Gasteiger partial charge is 0.0407 e. The van der Waals surface area contributed by atoms with Crippen LogP contribution in [-0.4, -0.2) is 37.6 Å². The van der Waals surface area contributed by atoms with Gasteiger partial charge in [-0.25, -0.2) is 0 Å². The summed E-state index contributed by atoms with van der Waals surface area (Å²) in [7, 11) is 2.24. The molecule has 2 nitrogen and oxygen atoms in total. The fourth-order valence-electron chi connectivity index (χ4n) is 3.32. The number of hydrogen-bond acceptors (Lipinski definition) is 2. The summed E-state index contributed by atoms with van der Waals surface area (Å²) in [5.41, 5.74) is 1.34. The third-order valence-electron chi connectivity index (χ3n) is 4.20. The van der Waals surface area contributed by atoms with Crippen LogP contribution in [0.5, 0.6) is 0 Å². The van der Waals surface area contributed by atoms with Gasteiger partial charge < -0.3 is 9.80 Å². The van der Waals surface area contributed by atoms with E-state index in [0.29, 0.717) is 0 Å². The first kappa shape index (κ1) is 11.4. The normalized spacial score (nSPS) is 29.4. The zero-order chi connectivity index (χ0) is 11.8. The van der Waals surface area contributed by atoms with E-state index >= 15 is 0 Å². The first-order chi connectivity index (χ1) is 8.24. The Bertz CT molecular complexity index is 390. The van der Waals surface area contributed by atoms with E-state index in [9.17, 15) is 0 Å². The molecule has 0 saturated carbocycles. The molecule has 0 bridgehead atoms. The second-order valence-electron chi connectivity index (χ2n) is 5.34. The maximum atomic E-state index is 5.95. The predicted octanol–water partition coefficient (Wildman–Crippen LogP) is 2.87. The molecule has 0 unspecified atom stereocenters. The van der Waals surface area contributed by atoms with Crippen LogP contribution in [-0.2, 0) is 0 Å². The molecular formula is C14H19ClN2. The zero-order valence-corrected chi connectivity index (χ0v) is 11.0. The summed E-state index contributed by atoms with van der Waals surface area (Å²) < 4.78 is 0. The molecule has 2 heterocycles. The molecule has 2 aliphatic heterocycles. The van der Waals surface area contributed by atoms with Crippen molar-refractivity contribution in [3.63, 3.8) is 0 Å². The van der Waals surface area contributed by atoms with Crippen molar-refractivity contribution >= 4 is 17.3 Å². The SMILES string of the molecule is CN1CC[C@@H]2[C@@H](CCN2c2ccc(Cl)cc2)C1. The molecule has 1 aromatic rings. The van der Waals surface area contributed by atoms with Gasteiger partial charge in [0, 0.05) is 29.8 Å². The number of likely N-dealkylation sites (tertiary alicyclic amines) is 1. The minimum Gasteiger partial charge on any atom is -0.368 e. The molecule has 2 saturated heterocycles. The van der Waals surface area contributed by atoms with Gasteiger partial charge in [-0.05, 0) is 56.6 Å². The van der Waals surface area contributed by atoms with Crippen molar-refractivity contribution in [2.24, 2.45) is 5.92 Å². The summed E-state index contributed by atoms with van der Waals surface area (Å²) in [5.74, 6) is 0.851. The summed E-state index contributed by atoms with van der Waals surface area (Å²) in [5, 5.41) is 0.827. The molecule has 0 radical (unpaired) electrons. The molecule has 2 fully saturated rings. The first-order valence-corrected chi connectivity index (χ1v) is 6.82. The second kappa shape index (κ2) is 4.51. The standard InChI is InChI=1S/C14H19ClN2/c1-16-8-7-14-11(10-16)6-9-17(14)13-4-2-12(15)3-5-13/h2-5,11,14H,6-10H2,1H3/t11-,14+/m0/s1. The molecule has 0 aromatic heterocycles. The van der Waals surface area contributed by atoms with Crippen molar-refractivity contribution in [3.8, 4) is 0 Å². The summed E-state index contributed by atoms with van der Waals surface area (Å²) in [6.07, 6.45) is 2.63. The van der Waals surface area contributed by atoms with Crippen molar-refractivity contribution in [1.82, 2.24) is 4.90 Å². The highest BCUT2D eigenvalue weighted by molar-refractivity contribution is 6.30. The van der Waals surface area contributed by atoms with Gasteiger partial charge in [0.05, 0.1) is 0 Å². The van der Waals surface area contributed by atoms with Crippen LogP contribution in [0, 0.1) is 5.92 Å². The third-order valence-corrected chi connectivity index (χ3v) is 4.45. The van der Waals surface area contributed by atoms with Crippen LogP contribution in [0.2, 0.25) is 5.02 Å². The number of rotatable bonds is 1. The van der Waals surface area contributed by atoms with Crippen molar-refractivity contribution in [2.75, 3.05) is 31.6 Å². The van der Waals surface area contributed by atoms with Crippen LogP contribution >= 0.6 is 11.6 Å². The Morgan fingerprint density at radius 2 is 1.88 bits per heavy atom. The second-order valence-corrected chi connectivity index (χ2v) is 5.77. The molecular weight excluding hydrogens is 232 g/mol. The Balaban J connectivity index is 1.79. The highest BCUT2D eigenvalue weighted by atomic mass is 35.5. The average molecular weight is 251 g/mol. The molecule has 92 valence electrons. The van der Waals surface area contributed by atoms with Crippen molar-refractivity contribution in [3.05, 3.63) is 29.3 Å². The van der Waals surface area contributed by atoms with E-state index in [1.54, 1.807) is 0 Å². The van der Waals surface area contributed by atoms with E-state index in [2.05, 4.69) is 29.0 Å². The van der Waals surface area contributed by atoms with Crippen LogP contribution in [0.15, 0.2) is 24.3 Å². The van der Waals surface area contributed by atoms with Crippen molar-refractivity contribution in [2.45, 2.75) is 18.9 Å². The lowest BCUT2D eigenvalue weighted by Gasteiger charge is -2.37. The zero-order valence-electron chi connectivity index (χ0n) is 10.3. The fourth-order valence-corrected chi connectivity index (χ4v) is 3.45. The minimum atomic E-state index is 0.743. The van der Waals surface area contributed by atoms with Gasteiger partial charge in [0.15, 0.2) is 0 Å². The third kappa shape index (κ3) is 2.16. The number of fused-ring (bicyclic) bond motifs is 1. The predicted molar refractivity (Wildman–Crippen MR) is 72.8 cm³/mol. The molecule has 2 atom stereocenters. The van der Waals surface area contributed by atoms with Crippen LogP contribution in [0.1, 0.15) is 12.8 Å². The number of nitrogens with zero attached hydrogens (tertiary/aromatic N) is 2. The number of hydrogen-bond donors (Lipinski definition) is 0. The lowest BCUT2D eigenvalue weighted by Crippen LogP contribution is -2.44. The van der Waals surface area contributed by atoms with Crippen molar-refractivity contribution in [1.29, 1.82) is 0 Å². The monoisotopic (exact) mass is 250 g/mol. The Labute approximate surface area is 108 Å². The van der Waals surface area contributed by atoms with Crippen LogP contribution in [0.3, 0.4) is 0 Å². The fraction of sp³-hybridized carbons (Fsp3) is 0.571. The Morgan fingerprint density at radius 1 is 1.12 bits per heavy atom. The summed E-state index contributed by atoms with van der Waals surface area (Å²) in [6, 6.07) is 9.05. The summed E-state index contributed by atoms with van der Waals surface area (Å²) >= 11 is 5.95. The average Bonchev–Trinajstić information content (AvgIpc) is 2.73. The number of benzene rings is 1. The Hall–Kier alpha value is -0.730. The van der Waals surface area contributed by atoms with E-state index in [4.69, 9.17) is 11.6 Å². The highest BCUT2D eigenvalue weighted by Gasteiger charge is 2.37. The van der Waals surface area contributed by atoms with Gasteiger partial charge in [-0.15, -0.1) is 0 Å². The number of piperidine rings is 1. The van der Waals surface area contributed by atoms with E-state index in [-0.39, 0.29) is 0 Å². The Morgan fingerprint density at radius 3 is 2.65 bits per heavy atom. The maximum absolute atomic E-state index is 5.95. The molecule has 0 amide bonds. The van der Waals surface area contributed by atoms with Gasteiger partial charge in [-0.3, -0.25) is 0 Å². The number of anilines is 1. The maximum Gasteiger partial charge on any atom is 0.0407 e. The molecule has 2 aliphatic rings. The minimum absolute atomic E-state index is 0.743. The van der Waals surface area contributed by atoms with Gasteiger partial charge in [-0.1, -0.05) is 11.6 Å². The molecule has 1 aromatic carbocycles. The molecule has 17 heavy (non-hydrogen) atoms. The van der Waals surface area contributed by atoms with E-state index in [0.717, 1.165) is 17.0 Å². The molecule has 0 aliphatic carbocycles. The lowest BCUT2D eigenvalue weighted by atomic mass is 9.93. The van der Waals surface area contributed by atoms with Gasteiger partial charge in [0.25, 0.3) is 0 Å². The first-order valence-electron chi connectivity index (χ1n) is 6.45. The summed E-state index contributed by atoms with van der Waals surface area (Å²) in [6.45, 7) is 3.69. The van der Waals surface area contributed by atoms with E-state index in [1.807, 2.05) is 12.1 Å². The number of halogens is 1. The van der Waals surface area contributed by atoms with Crippen LogP contribution in [0.25, 0.3) is 0 Å². The molecule has 0 N–H and O–H groups in total. The summed E-state index contributed by atoms with van der Waals surface area (Å²) in [4.78, 5) is 5.04. The molecule has 3 heteroatoms. The lowest BCUT2D eigenvalue weighted by molar-refractivity contribution is 0.202. The Kier molecular flexibility index (Phi) is 3.01. The van der Waals surface area contributed by atoms with Gasteiger partial charge >= 0.3 is 0 Å². The van der Waals surface area contributed by atoms with Crippen LogP contribution in [0.4, 0.5) is 5.69 Å². The largest absolute Gasteiger partial charge is 0.368 e.